The first kappa shape index (κ1) is 16.2. The van der Waals surface area contributed by atoms with Gasteiger partial charge in [-0.2, -0.15) is 0 Å². The van der Waals surface area contributed by atoms with Crippen LogP contribution in [-0.2, 0) is 4.74 Å². The Morgan fingerprint density at radius 3 is 2.82 bits per heavy atom. The molecule has 2 heterocycles. The second kappa shape index (κ2) is 7.17. The zero-order valence-corrected chi connectivity index (χ0v) is 12.7. The van der Waals surface area contributed by atoms with Gasteiger partial charge in [0.25, 0.3) is 0 Å². The molecule has 1 fully saturated rings. The van der Waals surface area contributed by atoms with E-state index in [0.29, 0.717) is 12.5 Å². The quantitative estimate of drug-likeness (QED) is 0.500. The largest absolute Gasteiger partial charge is 0.465 e. The van der Waals surface area contributed by atoms with E-state index < -0.39 is 10.9 Å². The molecule has 1 aromatic heterocycles. The lowest BCUT2D eigenvalue weighted by atomic mass is 9.97. The topological polar surface area (TPSA) is 97.6 Å². The highest BCUT2D eigenvalue weighted by Gasteiger charge is 2.21. The Balaban J connectivity index is 2.06. The number of piperidine rings is 1. The van der Waals surface area contributed by atoms with Crippen LogP contribution in [0.25, 0.3) is 0 Å². The Kier molecular flexibility index (Phi) is 5.26. The molecular formula is C14H20N4O4. The fourth-order valence-electron chi connectivity index (χ4n) is 2.47. The van der Waals surface area contributed by atoms with Crippen molar-refractivity contribution in [2.75, 3.05) is 39.1 Å². The summed E-state index contributed by atoms with van der Waals surface area (Å²) >= 11 is 0. The van der Waals surface area contributed by atoms with Crippen LogP contribution in [0.4, 0.5) is 11.5 Å². The maximum atomic E-state index is 11.4. The van der Waals surface area contributed by atoms with Gasteiger partial charge >= 0.3 is 11.7 Å². The summed E-state index contributed by atoms with van der Waals surface area (Å²) in [6.07, 6.45) is 3.39. The van der Waals surface area contributed by atoms with Gasteiger partial charge in [-0.05, 0) is 38.9 Å². The van der Waals surface area contributed by atoms with Gasteiger partial charge in [0.2, 0.25) is 5.82 Å². The number of rotatable bonds is 5. The standard InChI is InChI=1S/C14H20N4O4/c1-17-5-3-10(4-6-17)8-15-13-12(18(20)21)7-11(9-16-13)14(19)22-2/h7,9-10H,3-6,8H2,1-2H3,(H,15,16). The first-order valence-electron chi connectivity index (χ1n) is 7.16. The number of ether oxygens (including phenoxy) is 1. The van der Waals surface area contributed by atoms with Crippen molar-refractivity contribution in [2.24, 2.45) is 5.92 Å². The fraction of sp³-hybridized carbons (Fsp3) is 0.571. The van der Waals surface area contributed by atoms with Gasteiger partial charge in [-0.25, -0.2) is 9.78 Å². The maximum absolute atomic E-state index is 11.4. The normalized spacial score (nSPS) is 16.3. The lowest BCUT2D eigenvalue weighted by Crippen LogP contribution is -2.33. The molecule has 1 N–H and O–H groups in total. The van der Waals surface area contributed by atoms with Crippen molar-refractivity contribution in [3.05, 3.63) is 27.9 Å². The van der Waals surface area contributed by atoms with Gasteiger partial charge in [-0.15, -0.1) is 0 Å². The van der Waals surface area contributed by atoms with E-state index in [4.69, 9.17) is 0 Å². The predicted octanol–water partition coefficient (Wildman–Crippen LogP) is 1.53. The summed E-state index contributed by atoms with van der Waals surface area (Å²) in [7, 11) is 3.31. The molecule has 0 bridgehead atoms. The summed E-state index contributed by atoms with van der Waals surface area (Å²) in [4.78, 5) is 28.3. The molecule has 0 radical (unpaired) electrons. The average molecular weight is 308 g/mol. The predicted molar refractivity (Wildman–Crippen MR) is 80.9 cm³/mol. The van der Waals surface area contributed by atoms with E-state index in [2.05, 4.69) is 27.0 Å². The van der Waals surface area contributed by atoms with Gasteiger partial charge in [0.15, 0.2) is 0 Å². The molecular weight excluding hydrogens is 288 g/mol. The monoisotopic (exact) mass is 308 g/mol. The molecule has 0 aromatic carbocycles. The number of pyridine rings is 1. The van der Waals surface area contributed by atoms with E-state index in [0.717, 1.165) is 25.9 Å². The second-order valence-electron chi connectivity index (χ2n) is 5.47. The number of likely N-dealkylation sites (tertiary alicyclic amines) is 1. The number of carbonyl (C=O) groups is 1. The summed E-state index contributed by atoms with van der Waals surface area (Å²) in [5.74, 6) is 0.0203. The summed E-state index contributed by atoms with van der Waals surface area (Å²) in [6, 6.07) is 1.19. The zero-order valence-electron chi connectivity index (χ0n) is 12.7. The molecule has 1 aliphatic rings. The van der Waals surface area contributed by atoms with Crippen LogP contribution in [0.1, 0.15) is 23.2 Å². The van der Waals surface area contributed by atoms with Gasteiger partial charge in [0.1, 0.15) is 0 Å². The van der Waals surface area contributed by atoms with Crippen molar-refractivity contribution in [3.8, 4) is 0 Å². The maximum Gasteiger partial charge on any atom is 0.339 e. The minimum Gasteiger partial charge on any atom is -0.465 e. The van der Waals surface area contributed by atoms with E-state index in [1.807, 2.05) is 0 Å². The van der Waals surface area contributed by atoms with Gasteiger partial charge in [-0.3, -0.25) is 10.1 Å². The zero-order chi connectivity index (χ0) is 16.1. The number of nitrogens with zero attached hydrogens (tertiary/aromatic N) is 3. The summed E-state index contributed by atoms with van der Waals surface area (Å²) in [5.41, 5.74) is -0.144. The number of esters is 1. The number of aromatic nitrogens is 1. The minimum atomic E-state index is -0.641. The van der Waals surface area contributed by atoms with Crippen LogP contribution >= 0.6 is 0 Å². The van der Waals surface area contributed by atoms with E-state index >= 15 is 0 Å². The fourth-order valence-corrected chi connectivity index (χ4v) is 2.47. The third kappa shape index (κ3) is 3.91. The first-order valence-corrected chi connectivity index (χ1v) is 7.16. The molecule has 1 aromatic rings. The van der Waals surface area contributed by atoms with E-state index in [1.54, 1.807) is 0 Å². The highest BCUT2D eigenvalue weighted by molar-refractivity contribution is 5.90. The Morgan fingerprint density at radius 1 is 1.55 bits per heavy atom. The molecule has 120 valence electrons. The summed E-state index contributed by atoms with van der Waals surface area (Å²) < 4.78 is 4.55. The molecule has 8 heteroatoms. The van der Waals surface area contributed by atoms with Crippen molar-refractivity contribution >= 4 is 17.5 Å². The lowest BCUT2D eigenvalue weighted by Gasteiger charge is -2.29. The highest BCUT2D eigenvalue weighted by Crippen LogP contribution is 2.24. The minimum absolute atomic E-state index is 0.0686. The number of hydrogen-bond acceptors (Lipinski definition) is 7. The number of anilines is 1. The van der Waals surface area contributed by atoms with Crippen LogP contribution in [0, 0.1) is 16.0 Å². The molecule has 0 saturated carbocycles. The van der Waals surface area contributed by atoms with E-state index in [9.17, 15) is 14.9 Å². The van der Waals surface area contributed by atoms with Crippen molar-refractivity contribution < 1.29 is 14.5 Å². The van der Waals surface area contributed by atoms with Crippen LogP contribution in [0.15, 0.2) is 12.3 Å². The number of hydrogen-bond donors (Lipinski definition) is 1. The summed E-state index contributed by atoms with van der Waals surface area (Å²) in [6.45, 7) is 2.70. The van der Waals surface area contributed by atoms with Crippen LogP contribution in [0.5, 0.6) is 0 Å². The SMILES string of the molecule is COC(=O)c1cnc(NCC2CCN(C)CC2)c([N+](=O)[O-])c1. The number of methoxy groups -OCH3 is 1. The van der Waals surface area contributed by atoms with Gasteiger partial charge in [-0.1, -0.05) is 0 Å². The van der Waals surface area contributed by atoms with Crippen LogP contribution < -0.4 is 5.32 Å². The van der Waals surface area contributed by atoms with Crippen molar-refractivity contribution in [2.45, 2.75) is 12.8 Å². The first-order chi connectivity index (χ1) is 10.5. The van der Waals surface area contributed by atoms with Gasteiger partial charge in [0, 0.05) is 18.8 Å². The van der Waals surface area contributed by atoms with Crippen molar-refractivity contribution in [1.82, 2.24) is 9.88 Å². The Labute approximate surface area is 128 Å². The van der Waals surface area contributed by atoms with Crippen molar-refractivity contribution in [3.63, 3.8) is 0 Å². The van der Waals surface area contributed by atoms with Crippen LogP contribution in [0.2, 0.25) is 0 Å². The molecule has 0 amide bonds. The number of nitrogens with one attached hydrogen (secondary N) is 1. The van der Waals surface area contributed by atoms with E-state index in [1.165, 1.54) is 19.4 Å². The molecule has 0 spiro atoms. The molecule has 1 aliphatic heterocycles. The molecule has 0 atom stereocenters. The number of nitro groups is 1. The Hall–Kier alpha value is -2.22. The Morgan fingerprint density at radius 2 is 2.23 bits per heavy atom. The second-order valence-corrected chi connectivity index (χ2v) is 5.47. The van der Waals surface area contributed by atoms with Crippen LogP contribution in [-0.4, -0.2) is 54.6 Å². The number of carbonyl (C=O) groups excluding carboxylic acids is 1. The molecule has 1 saturated heterocycles. The third-order valence-electron chi connectivity index (χ3n) is 3.88. The molecule has 22 heavy (non-hydrogen) atoms. The Bertz CT molecular complexity index is 556. The summed E-state index contributed by atoms with van der Waals surface area (Å²) in [5, 5.41) is 14.2. The van der Waals surface area contributed by atoms with Crippen LogP contribution in [0.3, 0.4) is 0 Å². The smallest absolute Gasteiger partial charge is 0.339 e. The van der Waals surface area contributed by atoms with Gasteiger partial charge in [0.05, 0.1) is 17.6 Å². The lowest BCUT2D eigenvalue weighted by molar-refractivity contribution is -0.384. The molecule has 0 aliphatic carbocycles. The van der Waals surface area contributed by atoms with Crippen molar-refractivity contribution in [1.29, 1.82) is 0 Å². The van der Waals surface area contributed by atoms with Gasteiger partial charge < -0.3 is 15.0 Å². The molecule has 2 rings (SSSR count). The highest BCUT2D eigenvalue weighted by atomic mass is 16.6. The third-order valence-corrected chi connectivity index (χ3v) is 3.88. The van der Waals surface area contributed by atoms with E-state index in [-0.39, 0.29) is 17.1 Å². The molecule has 8 nitrogen and oxygen atoms in total. The molecule has 0 unspecified atom stereocenters. The average Bonchev–Trinajstić information content (AvgIpc) is 2.53.